The smallest absolute Gasteiger partial charge is 0.122 e. The number of ether oxygens (including phenoxy) is 1. The first kappa shape index (κ1) is 15.6. The van der Waals surface area contributed by atoms with Crippen molar-refractivity contribution in [3.05, 3.63) is 34.9 Å². The molecule has 1 heteroatoms. The molecule has 120 valence electrons. The van der Waals surface area contributed by atoms with Crippen LogP contribution in [0.4, 0.5) is 0 Å². The van der Waals surface area contributed by atoms with E-state index in [9.17, 15) is 0 Å². The molecule has 1 fully saturated rings. The van der Waals surface area contributed by atoms with Gasteiger partial charge in [0.15, 0.2) is 0 Å². The highest BCUT2D eigenvalue weighted by molar-refractivity contribution is 5.67. The third kappa shape index (κ3) is 2.13. The predicted octanol–water partition coefficient (Wildman–Crippen LogP) is 5.93. The maximum atomic E-state index is 5.65. The van der Waals surface area contributed by atoms with Crippen LogP contribution >= 0.6 is 0 Å². The SMILES string of the molecule is COc1ccc2c(c1C(C)C)C=CC1C(C)(C)CCCC21C. The van der Waals surface area contributed by atoms with E-state index in [-0.39, 0.29) is 5.41 Å². The fourth-order valence-corrected chi connectivity index (χ4v) is 5.12. The summed E-state index contributed by atoms with van der Waals surface area (Å²) in [5, 5.41) is 0. The zero-order valence-electron chi connectivity index (χ0n) is 15.0. The Morgan fingerprint density at radius 3 is 2.50 bits per heavy atom. The van der Waals surface area contributed by atoms with Crippen molar-refractivity contribution in [2.45, 2.75) is 65.2 Å². The molecule has 0 aromatic heterocycles. The Balaban J connectivity index is 2.22. The Bertz CT molecular complexity index is 609. The van der Waals surface area contributed by atoms with Crippen LogP contribution in [-0.2, 0) is 5.41 Å². The normalized spacial score (nSPS) is 29.1. The van der Waals surface area contributed by atoms with Crippen LogP contribution in [0.1, 0.15) is 76.5 Å². The van der Waals surface area contributed by atoms with Crippen molar-refractivity contribution in [2.24, 2.45) is 11.3 Å². The Labute approximate surface area is 135 Å². The van der Waals surface area contributed by atoms with Gasteiger partial charge in [0.25, 0.3) is 0 Å². The van der Waals surface area contributed by atoms with E-state index < -0.39 is 0 Å². The largest absolute Gasteiger partial charge is 0.496 e. The van der Waals surface area contributed by atoms with Gasteiger partial charge in [-0.3, -0.25) is 0 Å². The maximum absolute atomic E-state index is 5.65. The average Bonchev–Trinajstić information content (AvgIpc) is 2.44. The molecule has 2 aliphatic carbocycles. The van der Waals surface area contributed by atoms with Gasteiger partial charge < -0.3 is 4.74 Å². The molecule has 2 unspecified atom stereocenters. The molecule has 2 aliphatic rings. The van der Waals surface area contributed by atoms with Gasteiger partial charge in [-0.2, -0.15) is 0 Å². The summed E-state index contributed by atoms with van der Waals surface area (Å²) in [7, 11) is 1.79. The zero-order valence-corrected chi connectivity index (χ0v) is 15.0. The highest BCUT2D eigenvalue weighted by atomic mass is 16.5. The number of benzene rings is 1. The van der Waals surface area contributed by atoms with Gasteiger partial charge in [-0.25, -0.2) is 0 Å². The lowest BCUT2D eigenvalue weighted by Crippen LogP contribution is -2.45. The van der Waals surface area contributed by atoms with Crippen LogP contribution in [0, 0.1) is 11.3 Å². The summed E-state index contributed by atoms with van der Waals surface area (Å²) >= 11 is 0. The molecule has 0 saturated heterocycles. The van der Waals surface area contributed by atoms with Gasteiger partial charge in [-0.15, -0.1) is 0 Å². The first-order valence-electron chi connectivity index (χ1n) is 8.71. The number of methoxy groups -OCH3 is 1. The summed E-state index contributed by atoms with van der Waals surface area (Å²) < 4.78 is 5.65. The molecule has 22 heavy (non-hydrogen) atoms. The quantitative estimate of drug-likeness (QED) is 0.657. The summed E-state index contributed by atoms with van der Waals surface area (Å²) in [6, 6.07) is 4.52. The molecule has 0 bridgehead atoms. The summed E-state index contributed by atoms with van der Waals surface area (Å²) in [5.74, 6) is 2.15. The van der Waals surface area contributed by atoms with Gasteiger partial charge in [-0.1, -0.05) is 59.3 Å². The fraction of sp³-hybridized carbons (Fsp3) is 0.619. The van der Waals surface area contributed by atoms with Crippen molar-refractivity contribution in [2.75, 3.05) is 7.11 Å². The second-order valence-electron chi connectivity index (χ2n) is 8.39. The molecule has 0 spiro atoms. The molecule has 0 N–H and O–H groups in total. The van der Waals surface area contributed by atoms with Crippen LogP contribution in [0.25, 0.3) is 6.08 Å². The molecule has 3 rings (SSSR count). The summed E-state index contributed by atoms with van der Waals surface area (Å²) in [5.41, 5.74) is 4.99. The number of fused-ring (bicyclic) bond motifs is 3. The summed E-state index contributed by atoms with van der Waals surface area (Å²) in [6.07, 6.45) is 8.83. The molecular weight excluding hydrogens is 268 g/mol. The van der Waals surface area contributed by atoms with E-state index in [1.165, 1.54) is 36.0 Å². The number of hydrogen-bond donors (Lipinski definition) is 0. The van der Waals surface area contributed by atoms with Crippen molar-refractivity contribution in [1.29, 1.82) is 0 Å². The van der Waals surface area contributed by atoms with Crippen LogP contribution in [0.5, 0.6) is 5.75 Å². The van der Waals surface area contributed by atoms with Gasteiger partial charge in [0.1, 0.15) is 5.75 Å². The minimum absolute atomic E-state index is 0.266. The van der Waals surface area contributed by atoms with E-state index in [1.54, 1.807) is 7.11 Å². The number of allylic oxidation sites excluding steroid dienone is 1. The second kappa shape index (κ2) is 5.15. The Morgan fingerprint density at radius 1 is 1.14 bits per heavy atom. The topological polar surface area (TPSA) is 9.23 Å². The van der Waals surface area contributed by atoms with Gasteiger partial charge in [-0.05, 0) is 52.7 Å². The molecule has 1 saturated carbocycles. The number of rotatable bonds is 2. The Hall–Kier alpha value is -1.24. The zero-order chi connectivity index (χ0) is 16.1. The highest BCUT2D eigenvalue weighted by Gasteiger charge is 2.48. The molecule has 0 radical (unpaired) electrons. The van der Waals surface area contributed by atoms with Crippen molar-refractivity contribution >= 4 is 6.08 Å². The molecule has 1 aromatic rings. The lowest BCUT2D eigenvalue weighted by Gasteiger charge is -2.52. The Kier molecular flexibility index (Phi) is 3.66. The molecule has 0 aliphatic heterocycles. The van der Waals surface area contributed by atoms with E-state index >= 15 is 0 Å². The van der Waals surface area contributed by atoms with E-state index in [1.807, 2.05) is 0 Å². The summed E-state index contributed by atoms with van der Waals surface area (Å²) in [6.45, 7) is 11.9. The minimum atomic E-state index is 0.266. The second-order valence-corrected chi connectivity index (χ2v) is 8.39. The lowest BCUT2D eigenvalue weighted by molar-refractivity contribution is 0.0908. The molecule has 0 amide bonds. The van der Waals surface area contributed by atoms with Crippen molar-refractivity contribution in [1.82, 2.24) is 0 Å². The van der Waals surface area contributed by atoms with Crippen LogP contribution in [-0.4, -0.2) is 7.11 Å². The summed E-state index contributed by atoms with van der Waals surface area (Å²) in [4.78, 5) is 0. The molecule has 0 heterocycles. The van der Waals surface area contributed by atoms with Crippen LogP contribution in [0.15, 0.2) is 18.2 Å². The third-order valence-electron chi connectivity index (χ3n) is 6.16. The molecular formula is C21H30O. The van der Waals surface area contributed by atoms with Crippen LogP contribution in [0.3, 0.4) is 0 Å². The fourth-order valence-electron chi connectivity index (χ4n) is 5.12. The van der Waals surface area contributed by atoms with Gasteiger partial charge >= 0.3 is 0 Å². The van der Waals surface area contributed by atoms with Crippen molar-refractivity contribution < 1.29 is 4.74 Å². The van der Waals surface area contributed by atoms with Crippen molar-refractivity contribution in [3.8, 4) is 5.75 Å². The molecule has 1 aromatic carbocycles. The van der Waals surface area contributed by atoms with Gasteiger partial charge in [0.2, 0.25) is 0 Å². The van der Waals surface area contributed by atoms with E-state index in [0.29, 0.717) is 17.3 Å². The molecule has 1 nitrogen and oxygen atoms in total. The predicted molar refractivity (Wildman–Crippen MR) is 94.6 cm³/mol. The van der Waals surface area contributed by atoms with Crippen molar-refractivity contribution in [3.63, 3.8) is 0 Å². The highest BCUT2D eigenvalue weighted by Crippen LogP contribution is 2.56. The lowest BCUT2D eigenvalue weighted by atomic mass is 9.52. The first-order chi connectivity index (χ1) is 10.3. The minimum Gasteiger partial charge on any atom is -0.496 e. The van der Waals surface area contributed by atoms with E-state index in [4.69, 9.17) is 4.74 Å². The standard InChI is InChI=1S/C21H30O/c1-14(2)19-15-8-11-18-20(3,4)12-7-13-21(18,5)16(15)9-10-17(19)22-6/h8-11,14,18H,7,12-13H2,1-6H3. The van der Waals surface area contributed by atoms with Gasteiger partial charge in [0, 0.05) is 5.56 Å². The molecule has 2 atom stereocenters. The van der Waals surface area contributed by atoms with E-state index in [2.05, 4.69) is 58.9 Å². The third-order valence-corrected chi connectivity index (χ3v) is 6.16. The van der Waals surface area contributed by atoms with Gasteiger partial charge in [0.05, 0.1) is 7.11 Å². The average molecular weight is 298 g/mol. The number of hydrogen-bond acceptors (Lipinski definition) is 1. The first-order valence-corrected chi connectivity index (χ1v) is 8.71. The van der Waals surface area contributed by atoms with Crippen LogP contribution in [0.2, 0.25) is 0 Å². The Morgan fingerprint density at radius 2 is 1.86 bits per heavy atom. The van der Waals surface area contributed by atoms with E-state index in [0.717, 1.165) is 5.75 Å². The monoisotopic (exact) mass is 298 g/mol. The maximum Gasteiger partial charge on any atom is 0.122 e. The van der Waals surface area contributed by atoms with Crippen LogP contribution < -0.4 is 4.74 Å².